The van der Waals surface area contributed by atoms with E-state index in [1.165, 1.54) is 0 Å². The van der Waals surface area contributed by atoms with Crippen LogP contribution in [0.2, 0.25) is 0 Å². The fourth-order valence-electron chi connectivity index (χ4n) is 4.64. The van der Waals surface area contributed by atoms with E-state index in [2.05, 4.69) is 33.6 Å². The summed E-state index contributed by atoms with van der Waals surface area (Å²) in [5.41, 5.74) is 2.87. The Morgan fingerprint density at radius 1 is 0.333 bits per heavy atom. The second-order valence-corrected chi connectivity index (χ2v) is 12.0. The molecule has 0 spiro atoms. The largest absolute Gasteiger partial charge is 0.486 e. The van der Waals surface area contributed by atoms with Crippen LogP contribution in [0.1, 0.15) is 22.3 Å². The van der Waals surface area contributed by atoms with E-state index in [0.717, 1.165) is 11.1 Å². The summed E-state index contributed by atoms with van der Waals surface area (Å²) in [7, 11) is 3.16. The molecule has 0 N–H and O–H groups in total. The van der Waals surface area contributed by atoms with Crippen molar-refractivity contribution in [3.8, 4) is 35.2 Å². The molecule has 0 aliphatic rings. The van der Waals surface area contributed by atoms with Gasteiger partial charge in [-0.1, -0.05) is 23.7 Å². The fraction of sp³-hybridized carbons (Fsp3) is 0.545. The molecule has 2 heterocycles. The molecule has 0 unspecified atom stereocenters. The van der Waals surface area contributed by atoms with Crippen molar-refractivity contribution in [2.24, 2.45) is 0 Å². The third-order valence-electron chi connectivity index (χ3n) is 7.48. The van der Waals surface area contributed by atoms with Crippen LogP contribution in [0, 0.1) is 23.7 Å². The third-order valence-corrected chi connectivity index (χ3v) is 7.48. The molecule has 0 aliphatic carbocycles. The summed E-state index contributed by atoms with van der Waals surface area (Å²) in [5.74, 6) is 13.7. The molecule has 3 rings (SSSR count). The zero-order valence-electron chi connectivity index (χ0n) is 34.9. The van der Waals surface area contributed by atoms with E-state index < -0.39 is 0 Å². The second kappa shape index (κ2) is 36.6. The van der Waals surface area contributed by atoms with Gasteiger partial charge in [-0.05, 0) is 36.4 Å². The maximum atomic E-state index is 6.33. The van der Waals surface area contributed by atoms with Crippen molar-refractivity contribution < 1.29 is 66.3 Å². The van der Waals surface area contributed by atoms with Gasteiger partial charge in [-0.15, -0.1) is 0 Å². The summed E-state index contributed by atoms with van der Waals surface area (Å²) in [6.45, 7) is 8.83. The first-order valence-electron chi connectivity index (χ1n) is 19.8. The molecule has 330 valence electrons. The minimum atomic E-state index is 0.232. The van der Waals surface area contributed by atoms with Crippen molar-refractivity contribution in [2.75, 3.05) is 160 Å². The number of hydrogen-bond acceptors (Lipinski definition) is 16. The van der Waals surface area contributed by atoms with Gasteiger partial charge in [0.05, 0.1) is 130 Å². The van der Waals surface area contributed by atoms with Crippen molar-refractivity contribution in [3.05, 3.63) is 83.4 Å². The number of aromatic nitrogens is 2. The van der Waals surface area contributed by atoms with Gasteiger partial charge in [-0.25, -0.2) is 0 Å². The first-order valence-corrected chi connectivity index (χ1v) is 19.8. The first kappa shape index (κ1) is 50.1. The molecular formula is C44H60N2O14. The standard InChI is InChI=1S/C44H60N2O14/c1-47-37-57-31-29-53-23-21-49-17-19-51-25-27-55-33-35-59-43-41(5-3-39-9-13-45-14-10-39)7-8-42(6-4-40-11-15-46-16-12-40)44(43)60-36-34-56-28-26-52-20-18-50-22-24-54-30-32-58-38-48-2/h7-16H,17-38H2,1-2H3. The molecule has 0 radical (unpaired) electrons. The van der Waals surface area contributed by atoms with Crippen molar-refractivity contribution in [2.45, 2.75) is 0 Å². The lowest BCUT2D eigenvalue weighted by Crippen LogP contribution is -2.16. The van der Waals surface area contributed by atoms with E-state index in [-0.39, 0.29) is 26.8 Å². The van der Waals surface area contributed by atoms with Gasteiger partial charge in [-0.2, -0.15) is 0 Å². The molecular weight excluding hydrogens is 780 g/mol. The minimum absolute atomic E-state index is 0.232. The van der Waals surface area contributed by atoms with Gasteiger partial charge in [0.25, 0.3) is 0 Å². The SMILES string of the molecule is COCOCCOCCOCCOCCOCCOc1c(C#Cc2ccncc2)ccc(C#Cc2ccncc2)c1OCCOCCOCCOCCOCCOCOC. The zero-order valence-corrected chi connectivity index (χ0v) is 34.9. The molecule has 0 saturated carbocycles. The van der Waals surface area contributed by atoms with Crippen LogP contribution in [0.3, 0.4) is 0 Å². The average molecular weight is 841 g/mol. The Kier molecular flexibility index (Phi) is 30.6. The molecule has 0 fully saturated rings. The lowest BCUT2D eigenvalue weighted by molar-refractivity contribution is -0.0572. The monoisotopic (exact) mass is 840 g/mol. The van der Waals surface area contributed by atoms with Crippen LogP contribution in [-0.4, -0.2) is 170 Å². The van der Waals surface area contributed by atoms with Crippen molar-refractivity contribution in [3.63, 3.8) is 0 Å². The van der Waals surface area contributed by atoms with E-state index in [1.54, 1.807) is 39.0 Å². The average Bonchev–Trinajstić information content (AvgIpc) is 3.28. The summed E-state index contributed by atoms with van der Waals surface area (Å²) < 4.78 is 77.4. The number of nitrogens with zero attached hydrogens (tertiary/aromatic N) is 2. The Labute approximate surface area is 354 Å². The van der Waals surface area contributed by atoms with Crippen LogP contribution < -0.4 is 9.47 Å². The maximum Gasteiger partial charge on any atom is 0.178 e. The van der Waals surface area contributed by atoms with Gasteiger partial charge >= 0.3 is 0 Å². The quantitative estimate of drug-likeness (QED) is 0.0477. The zero-order chi connectivity index (χ0) is 42.2. The predicted octanol–water partition coefficient (Wildman–Crippen LogP) is 3.41. The van der Waals surface area contributed by atoms with Gasteiger partial charge in [0.2, 0.25) is 0 Å². The highest BCUT2D eigenvalue weighted by Gasteiger charge is 2.16. The highest BCUT2D eigenvalue weighted by atomic mass is 16.7. The van der Waals surface area contributed by atoms with Crippen LogP contribution in [0.25, 0.3) is 0 Å². The Bertz CT molecular complexity index is 1480. The Balaban J connectivity index is 1.47. The van der Waals surface area contributed by atoms with Crippen molar-refractivity contribution in [1.82, 2.24) is 9.97 Å². The van der Waals surface area contributed by atoms with Crippen LogP contribution in [-0.2, 0) is 56.8 Å². The summed E-state index contributed by atoms with van der Waals surface area (Å²) in [6, 6.07) is 11.1. The lowest BCUT2D eigenvalue weighted by Gasteiger charge is -2.17. The summed E-state index contributed by atoms with van der Waals surface area (Å²) in [4.78, 5) is 8.17. The Hall–Kier alpha value is -4.24. The smallest absolute Gasteiger partial charge is 0.178 e. The Morgan fingerprint density at radius 3 is 0.883 bits per heavy atom. The summed E-state index contributed by atoms with van der Waals surface area (Å²) in [6.07, 6.45) is 6.78. The molecule has 3 aromatic rings. The third kappa shape index (κ3) is 25.4. The second-order valence-electron chi connectivity index (χ2n) is 12.0. The van der Waals surface area contributed by atoms with E-state index in [0.29, 0.717) is 142 Å². The minimum Gasteiger partial charge on any atom is -0.486 e. The number of benzene rings is 1. The number of rotatable bonds is 36. The van der Waals surface area contributed by atoms with E-state index in [4.69, 9.17) is 66.3 Å². The predicted molar refractivity (Wildman–Crippen MR) is 220 cm³/mol. The molecule has 0 atom stereocenters. The molecule has 60 heavy (non-hydrogen) atoms. The fourth-order valence-corrected chi connectivity index (χ4v) is 4.64. The summed E-state index contributed by atoms with van der Waals surface area (Å²) >= 11 is 0. The van der Waals surface area contributed by atoms with Gasteiger partial charge in [0.1, 0.15) is 26.8 Å². The van der Waals surface area contributed by atoms with Crippen LogP contribution in [0.5, 0.6) is 11.5 Å². The lowest BCUT2D eigenvalue weighted by atomic mass is 10.1. The highest BCUT2D eigenvalue weighted by Crippen LogP contribution is 2.35. The molecule has 0 saturated heterocycles. The summed E-state index contributed by atoms with van der Waals surface area (Å²) in [5, 5.41) is 0. The van der Waals surface area contributed by atoms with Gasteiger partial charge < -0.3 is 66.3 Å². The highest BCUT2D eigenvalue weighted by molar-refractivity contribution is 5.63. The first-order chi connectivity index (χ1) is 29.8. The molecule has 0 aliphatic heterocycles. The molecule has 1 aromatic carbocycles. The van der Waals surface area contributed by atoms with Crippen LogP contribution in [0.15, 0.2) is 61.2 Å². The maximum absolute atomic E-state index is 6.33. The van der Waals surface area contributed by atoms with E-state index in [9.17, 15) is 0 Å². The molecule has 0 amide bonds. The topological polar surface area (TPSA) is 155 Å². The molecule has 2 aromatic heterocycles. The number of ether oxygens (including phenoxy) is 14. The van der Waals surface area contributed by atoms with Gasteiger partial charge in [0, 0.05) is 50.1 Å². The molecule has 16 nitrogen and oxygen atoms in total. The van der Waals surface area contributed by atoms with E-state index >= 15 is 0 Å². The number of pyridine rings is 2. The number of methoxy groups -OCH3 is 2. The normalized spacial score (nSPS) is 10.8. The molecule has 0 bridgehead atoms. The number of hydrogen-bond donors (Lipinski definition) is 0. The van der Waals surface area contributed by atoms with E-state index in [1.807, 2.05) is 36.4 Å². The molecule has 16 heteroatoms. The Morgan fingerprint density at radius 2 is 0.600 bits per heavy atom. The van der Waals surface area contributed by atoms with Crippen molar-refractivity contribution >= 4 is 0 Å². The van der Waals surface area contributed by atoms with Crippen molar-refractivity contribution in [1.29, 1.82) is 0 Å². The van der Waals surface area contributed by atoms with Gasteiger partial charge in [-0.3, -0.25) is 9.97 Å². The van der Waals surface area contributed by atoms with Gasteiger partial charge in [0.15, 0.2) is 11.5 Å². The van der Waals surface area contributed by atoms with Crippen LogP contribution >= 0.6 is 0 Å². The van der Waals surface area contributed by atoms with Crippen LogP contribution in [0.4, 0.5) is 0 Å².